The summed E-state index contributed by atoms with van der Waals surface area (Å²) in [5.41, 5.74) is 1.23. The first-order chi connectivity index (χ1) is 30.7. The number of carbonyl (C=O) groups excluding carboxylic acids is 4. The molecule has 2 saturated heterocycles. The third-order valence-corrected chi connectivity index (χ3v) is 14.7. The molecular formula is C51H81NO13. The zero-order valence-electron chi connectivity index (χ0n) is 40.7. The second-order valence-corrected chi connectivity index (χ2v) is 19.8. The zero-order chi connectivity index (χ0) is 48.2. The predicted molar refractivity (Wildman–Crippen MR) is 246 cm³/mol. The number of piperidine rings is 1. The van der Waals surface area contributed by atoms with E-state index in [1.54, 1.807) is 41.1 Å². The predicted octanol–water partition coefficient (Wildman–Crippen LogP) is 5.97. The smallest absolute Gasteiger partial charge is 0.329 e. The number of aliphatic hydroxyl groups excluding tert-OH is 3. The number of Topliss-reactive ketones (excluding diaryl/α,β-unsaturated/α-hetero) is 2. The summed E-state index contributed by atoms with van der Waals surface area (Å²) < 4.78 is 29.5. The summed E-state index contributed by atoms with van der Waals surface area (Å²) >= 11 is 0. The molecule has 3 aliphatic heterocycles. The first-order valence-corrected chi connectivity index (χ1v) is 24.1. The number of cyclic esters (lactones) is 1. The van der Waals surface area contributed by atoms with E-state index in [0.29, 0.717) is 63.4 Å². The molecule has 0 aromatic rings. The number of fused-ring (bicyclic) bond motifs is 3. The van der Waals surface area contributed by atoms with Gasteiger partial charge in [-0.3, -0.25) is 14.4 Å². The van der Waals surface area contributed by atoms with E-state index in [1.165, 1.54) is 12.0 Å². The molecule has 1 amide bonds. The quantitative estimate of drug-likeness (QED) is 0.228. The number of carbonyl (C=O) groups is 4. The Morgan fingerprint density at radius 1 is 0.862 bits per heavy atom. The van der Waals surface area contributed by atoms with Gasteiger partial charge in [0.2, 0.25) is 5.79 Å². The van der Waals surface area contributed by atoms with Crippen molar-refractivity contribution in [3.63, 3.8) is 0 Å². The molecule has 3 fully saturated rings. The first-order valence-electron chi connectivity index (χ1n) is 24.1. The average molecular weight is 916 g/mol. The highest BCUT2D eigenvalue weighted by atomic mass is 16.6. The Labute approximate surface area is 387 Å². The molecule has 2 bridgehead atoms. The van der Waals surface area contributed by atoms with Crippen LogP contribution in [0.3, 0.4) is 0 Å². The molecule has 0 radical (unpaired) electrons. The van der Waals surface area contributed by atoms with Crippen molar-refractivity contribution in [3.8, 4) is 0 Å². The van der Waals surface area contributed by atoms with Crippen LogP contribution >= 0.6 is 0 Å². The van der Waals surface area contributed by atoms with Crippen LogP contribution in [-0.4, -0.2) is 137 Å². The van der Waals surface area contributed by atoms with Gasteiger partial charge in [0, 0.05) is 58.5 Å². The molecule has 65 heavy (non-hydrogen) atoms. The normalized spacial score (nSPS) is 39.0. The van der Waals surface area contributed by atoms with Crippen LogP contribution in [0.1, 0.15) is 126 Å². The molecule has 0 spiro atoms. The monoisotopic (exact) mass is 916 g/mol. The fourth-order valence-electron chi connectivity index (χ4n) is 10.3. The Morgan fingerprint density at radius 3 is 2.26 bits per heavy atom. The number of methoxy groups -OCH3 is 3. The molecule has 2 unspecified atom stereocenters. The molecule has 3 heterocycles. The summed E-state index contributed by atoms with van der Waals surface area (Å²) in [4.78, 5) is 57.8. The van der Waals surface area contributed by atoms with Gasteiger partial charge in [0.05, 0.1) is 30.5 Å². The number of amides is 1. The Bertz CT molecular complexity index is 1710. The van der Waals surface area contributed by atoms with Crippen molar-refractivity contribution in [2.24, 2.45) is 35.5 Å². The lowest BCUT2D eigenvalue weighted by Crippen LogP contribution is -2.63. The molecule has 0 aromatic heterocycles. The summed E-state index contributed by atoms with van der Waals surface area (Å²) in [6, 6.07) is -1.08. The van der Waals surface area contributed by atoms with E-state index in [1.807, 2.05) is 58.1 Å². The number of esters is 1. The van der Waals surface area contributed by atoms with E-state index in [-0.39, 0.29) is 60.9 Å². The molecule has 368 valence electrons. The van der Waals surface area contributed by atoms with Crippen LogP contribution in [0.15, 0.2) is 47.6 Å². The van der Waals surface area contributed by atoms with E-state index in [0.717, 1.165) is 12.0 Å². The molecule has 1 saturated carbocycles. The summed E-state index contributed by atoms with van der Waals surface area (Å²) in [6.45, 7) is 12.9. The maximum atomic E-state index is 14.4. The van der Waals surface area contributed by atoms with Gasteiger partial charge in [-0.25, -0.2) is 4.79 Å². The van der Waals surface area contributed by atoms with Gasteiger partial charge in [-0.1, -0.05) is 71.1 Å². The van der Waals surface area contributed by atoms with E-state index in [2.05, 4.69) is 0 Å². The molecule has 14 nitrogen and oxygen atoms in total. The number of allylic oxidation sites excluding steroid dienone is 6. The number of ether oxygens (including phenoxy) is 5. The van der Waals surface area contributed by atoms with Gasteiger partial charge in [-0.05, 0) is 107 Å². The van der Waals surface area contributed by atoms with Crippen LogP contribution in [0.2, 0.25) is 0 Å². The van der Waals surface area contributed by atoms with Gasteiger partial charge in [0.25, 0.3) is 5.91 Å². The number of hydrogen-bond donors (Lipinski definition) is 4. The minimum atomic E-state index is -2.23. The van der Waals surface area contributed by atoms with Gasteiger partial charge in [-0.15, -0.1) is 0 Å². The topological polar surface area (TPSA) is 199 Å². The third kappa shape index (κ3) is 14.5. The maximum Gasteiger partial charge on any atom is 0.329 e. The highest BCUT2D eigenvalue weighted by molar-refractivity contribution is 5.95. The molecule has 1 aliphatic carbocycles. The van der Waals surface area contributed by atoms with Gasteiger partial charge >= 0.3 is 5.97 Å². The van der Waals surface area contributed by atoms with Crippen molar-refractivity contribution in [2.45, 2.75) is 186 Å². The SMILES string of the molecule is CO[C@H]1CC2CC[C@@H](C)[C@@](O)(O2)[C@@H](O)C(=O)N2CCCC[C@H]2C(=O)O[C@H]([C@H](C)C[C@@H]2CC[C@@H](O)[C@H](OC)C2)CC(=O)C(C)=CC(C)[C@@H](O)[C@@H](OC)C(=O)[C@H](C)C[C@H](C)C=CC=CC=C1C. The van der Waals surface area contributed by atoms with E-state index >= 15 is 0 Å². The highest BCUT2D eigenvalue weighted by Crippen LogP contribution is 2.39. The minimum Gasteiger partial charge on any atom is -0.460 e. The Balaban J connectivity index is 1.70. The lowest BCUT2D eigenvalue weighted by Gasteiger charge is -2.46. The second-order valence-electron chi connectivity index (χ2n) is 19.8. The van der Waals surface area contributed by atoms with Crippen LogP contribution < -0.4 is 0 Å². The van der Waals surface area contributed by atoms with Crippen LogP contribution in [0.4, 0.5) is 0 Å². The molecule has 4 N–H and O–H groups in total. The van der Waals surface area contributed by atoms with Gasteiger partial charge in [0.1, 0.15) is 18.2 Å². The molecule has 0 aromatic carbocycles. The summed E-state index contributed by atoms with van der Waals surface area (Å²) in [7, 11) is 4.55. The summed E-state index contributed by atoms with van der Waals surface area (Å²) in [6.07, 6.45) is 9.77. The number of hydrogen-bond acceptors (Lipinski definition) is 13. The first kappa shape index (κ1) is 54.5. The lowest BCUT2D eigenvalue weighted by molar-refractivity contribution is -0.317. The fraction of sp³-hybridized carbons (Fsp3) is 0.765. The molecular weight excluding hydrogens is 835 g/mol. The van der Waals surface area contributed by atoms with Gasteiger partial charge < -0.3 is 49.0 Å². The Morgan fingerprint density at radius 2 is 1.58 bits per heavy atom. The van der Waals surface area contributed by atoms with Gasteiger partial charge in [0.15, 0.2) is 17.7 Å². The van der Waals surface area contributed by atoms with E-state index in [9.17, 15) is 39.6 Å². The zero-order valence-corrected chi connectivity index (χ0v) is 40.7. The number of aliphatic hydroxyl groups is 4. The maximum absolute atomic E-state index is 14.4. The van der Waals surface area contributed by atoms with Crippen molar-refractivity contribution in [2.75, 3.05) is 27.9 Å². The van der Waals surface area contributed by atoms with Crippen molar-refractivity contribution >= 4 is 23.4 Å². The van der Waals surface area contributed by atoms with E-state index < -0.39 is 78.1 Å². The third-order valence-electron chi connectivity index (χ3n) is 14.7. The molecule has 16 atom stereocenters. The van der Waals surface area contributed by atoms with Crippen molar-refractivity contribution in [3.05, 3.63) is 47.6 Å². The molecule has 4 rings (SSSR count). The Hall–Kier alpha value is -3.08. The van der Waals surface area contributed by atoms with Crippen molar-refractivity contribution < 1.29 is 63.3 Å². The van der Waals surface area contributed by atoms with Crippen LogP contribution in [-0.2, 0) is 42.9 Å². The largest absolute Gasteiger partial charge is 0.460 e. The van der Waals surface area contributed by atoms with Gasteiger partial charge in [-0.2, -0.15) is 0 Å². The number of rotatable bonds is 6. The van der Waals surface area contributed by atoms with Crippen LogP contribution in [0.25, 0.3) is 0 Å². The fourth-order valence-corrected chi connectivity index (χ4v) is 10.3. The summed E-state index contributed by atoms with van der Waals surface area (Å²) in [5, 5.41) is 45.7. The number of nitrogens with zero attached hydrogens (tertiary/aromatic N) is 1. The summed E-state index contributed by atoms with van der Waals surface area (Å²) in [5.74, 6) is -6.20. The van der Waals surface area contributed by atoms with Crippen molar-refractivity contribution in [1.29, 1.82) is 0 Å². The second kappa shape index (κ2) is 25.3. The van der Waals surface area contributed by atoms with Crippen LogP contribution in [0, 0.1) is 35.5 Å². The van der Waals surface area contributed by atoms with E-state index in [4.69, 9.17) is 23.7 Å². The Kier molecular flexibility index (Phi) is 21.3. The average Bonchev–Trinajstić information content (AvgIpc) is 3.28. The standard InChI is InChI=1S/C51H81NO13/c1-30-16-12-11-13-17-31(2)42(61-8)28-38-21-19-36(7)51(60,65-38)48(57)49(58)52-23-15-14-18-39(52)50(59)64-43(33(4)26-37-20-22-40(53)44(27-37)62-9)29-41(54)32(3)25-35(6)46(56)47(63-10)45(55)34(5)24-30/h11-13,16-17,25,30,33-40,42-44,46-48,53,56-57,60H,14-15,18-24,26-29H2,1-10H3/t30-,33-,34-,35?,36-,37+,38?,39+,40-,42+,43+,44-,46-,47+,48+,51-/m1/s1. The highest BCUT2D eigenvalue weighted by Gasteiger charge is 2.53. The minimum absolute atomic E-state index is 0.0291. The molecule has 4 aliphatic rings. The van der Waals surface area contributed by atoms with Crippen LogP contribution in [0.5, 0.6) is 0 Å². The van der Waals surface area contributed by atoms with Crippen molar-refractivity contribution in [1.82, 2.24) is 4.90 Å². The lowest BCUT2D eigenvalue weighted by atomic mass is 9.78. The number of ketones is 2. The molecule has 14 heteroatoms.